The molecule has 1 N–H and O–H groups in total. The highest BCUT2D eigenvalue weighted by Crippen LogP contribution is 2.48. The SMILES string of the molecule is CC(C)(C)C1CCC(C(=O)O)C(c2ccc(Cl)s2)C1. The Kier molecular flexibility index (Phi) is 4.26. The van der Waals surface area contributed by atoms with Crippen LogP contribution in [-0.2, 0) is 4.79 Å². The summed E-state index contributed by atoms with van der Waals surface area (Å²) >= 11 is 7.53. The Balaban J connectivity index is 2.25. The molecule has 2 rings (SSSR count). The van der Waals surface area contributed by atoms with Crippen molar-refractivity contribution in [3.05, 3.63) is 21.3 Å². The molecule has 1 fully saturated rings. The number of rotatable bonds is 2. The van der Waals surface area contributed by atoms with Crippen molar-refractivity contribution in [2.75, 3.05) is 0 Å². The molecule has 0 radical (unpaired) electrons. The van der Waals surface area contributed by atoms with Gasteiger partial charge in [-0.25, -0.2) is 0 Å². The molecule has 3 unspecified atom stereocenters. The lowest BCUT2D eigenvalue weighted by atomic mass is 9.65. The Morgan fingerprint density at radius 2 is 2.05 bits per heavy atom. The Hall–Kier alpha value is -0.540. The van der Waals surface area contributed by atoms with Crippen LogP contribution in [0.3, 0.4) is 0 Å². The molecule has 0 aliphatic heterocycles. The summed E-state index contributed by atoms with van der Waals surface area (Å²) in [5, 5.41) is 9.44. The van der Waals surface area contributed by atoms with Gasteiger partial charge in [0.2, 0.25) is 0 Å². The summed E-state index contributed by atoms with van der Waals surface area (Å²) in [4.78, 5) is 12.6. The maximum Gasteiger partial charge on any atom is 0.307 e. The number of carbonyl (C=O) groups is 1. The zero-order valence-corrected chi connectivity index (χ0v) is 13.2. The molecular weight excluding hydrogens is 280 g/mol. The van der Waals surface area contributed by atoms with Gasteiger partial charge in [0.1, 0.15) is 0 Å². The molecule has 0 spiro atoms. The summed E-state index contributed by atoms with van der Waals surface area (Å²) in [6, 6.07) is 3.87. The van der Waals surface area contributed by atoms with Crippen molar-refractivity contribution in [3.8, 4) is 0 Å². The molecule has 0 bridgehead atoms. The normalized spacial score (nSPS) is 28.3. The molecule has 1 aromatic heterocycles. The van der Waals surface area contributed by atoms with Gasteiger partial charge < -0.3 is 5.11 Å². The lowest BCUT2D eigenvalue weighted by Gasteiger charge is -2.40. The van der Waals surface area contributed by atoms with Crippen LogP contribution in [0.15, 0.2) is 12.1 Å². The third-order valence-corrected chi connectivity index (χ3v) is 5.71. The maximum atomic E-state index is 11.5. The summed E-state index contributed by atoms with van der Waals surface area (Å²) in [5.41, 5.74) is 0.239. The predicted molar refractivity (Wildman–Crippen MR) is 80.0 cm³/mol. The van der Waals surface area contributed by atoms with E-state index in [-0.39, 0.29) is 17.3 Å². The second kappa shape index (κ2) is 5.45. The Labute approximate surface area is 123 Å². The van der Waals surface area contributed by atoms with Crippen LogP contribution in [0, 0.1) is 17.3 Å². The van der Waals surface area contributed by atoms with E-state index in [1.165, 1.54) is 11.3 Å². The van der Waals surface area contributed by atoms with Crippen LogP contribution in [0.25, 0.3) is 0 Å². The van der Waals surface area contributed by atoms with Crippen molar-refractivity contribution in [2.24, 2.45) is 17.3 Å². The van der Waals surface area contributed by atoms with Gasteiger partial charge >= 0.3 is 5.97 Å². The monoisotopic (exact) mass is 300 g/mol. The van der Waals surface area contributed by atoms with Gasteiger partial charge in [-0.3, -0.25) is 4.79 Å². The van der Waals surface area contributed by atoms with Gasteiger partial charge in [-0.15, -0.1) is 11.3 Å². The fraction of sp³-hybridized carbons (Fsp3) is 0.667. The van der Waals surface area contributed by atoms with E-state index in [1.54, 1.807) is 0 Å². The molecule has 1 aliphatic rings. The van der Waals surface area contributed by atoms with E-state index in [4.69, 9.17) is 11.6 Å². The molecule has 106 valence electrons. The van der Waals surface area contributed by atoms with E-state index in [0.717, 1.165) is 28.5 Å². The van der Waals surface area contributed by atoms with E-state index in [0.29, 0.717) is 5.92 Å². The average molecular weight is 301 g/mol. The highest BCUT2D eigenvalue weighted by atomic mass is 35.5. The first kappa shape index (κ1) is 14.9. The number of hydrogen-bond acceptors (Lipinski definition) is 2. The predicted octanol–water partition coefficient (Wildman–Crippen LogP) is 5.03. The summed E-state index contributed by atoms with van der Waals surface area (Å²) < 4.78 is 0.747. The average Bonchev–Trinajstić information content (AvgIpc) is 2.73. The molecule has 3 atom stereocenters. The van der Waals surface area contributed by atoms with Gasteiger partial charge in [-0.05, 0) is 42.7 Å². The van der Waals surface area contributed by atoms with Gasteiger partial charge in [-0.2, -0.15) is 0 Å². The molecule has 1 saturated carbocycles. The van der Waals surface area contributed by atoms with E-state index < -0.39 is 5.97 Å². The topological polar surface area (TPSA) is 37.3 Å². The number of halogens is 1. The van der Waals surface area contributed by atoms with Crippen LogP contribution < -0.4 is 0 Å². The highest BCUT2D eigenvalue weighted by molar-refractivity contribution is 7.16. The van der Waals surface area contributed by atoms with Crippen LogP contribution in [0.1, 0.15) is 50.8 Å². The van der Waals surface area contributed by atoms with Gasteiger partial charge in [0, 0.05) is 10.8 Å². The standard InChI is InChI=1S/C15H21ClO2S/c1-15(2,3)9-4-5-10(14(17)18)11(8-9)12-6-7-13(16)19-12/h6-7,9-11H,4-5,8H2,1-3H3,(H,17,18). The first-order valence-corrected chi connectivity index (χ1v) is 7.96. The van der Waals surface area contributed by atoms with Crippen molar-refractivity contribution < 1.29 is 9.90 Å². The van der Waals surface area contributed by atoms with Crippen molar-refractivity contribution in [1.82, 2.24) is 0 Å². The number of carboxylic acid groups (broad SMARTS) is 1. The van der Waals surface area contributed by atoms with Crippen molar-refractivity contribution in [2.45, 2.75) is 46.0 Å². The van der Waals surface area contributed by atoms with Crippen LogP contribution in [-0.4, -0.2) is 11.1 Å². The van der Waals surface area contributed by atoms with Crippen LogP contribution in [0.2, 0.25) is 4.34 Å². The second-order valence-corrected chi connectivity index (χ2v) is 8.32. The van der Waals surface area contributed by atoms with Gasteiger partial charge in [-0.1, -0.05) is 32.4 Å². The first-order valence-electron chi connectivity index (χ1n) is 6.77. The van der Waals surface area contributed by atoms with Gasteiger partial charge in [0.05, 0.1) is 10.3 Å². The second-order valence-electron chi connectivity index (χ2n) is 6.57. The van der Waals surface area contributed by atoms with E-state index >= 15 is 0 Å². The third-order valence-electron chi connectivity index (χ3n) is 4.35. The van der Waals surface area contributed by atoms with Crippen molar-refractivity contribution in [1.29, 1.82) is 0 Å². The zero-order valence-electron chi connectivity index (χ0n) is 11.6. The summed E-state index contributed by atoms with van der Waals surface area (Å²) in [6.07, 6.45) is 2.74. The summed E-state index contributed by atoms with van der Waals surface area (Å²) in [5.74, 6) is -0.225. The minimum absolute atomic E-state index is 0.118. The Morgan fingerprint density at radius 3 is 2.53 bits per heavy atom. The van der Waals surface area contributed by atoms with E-state index in [9.17, 15) is 9.90 Å². The van der Waals surface area contributed by atoms with Crippen molar-refractivity contribution >= 4 is 28.9 Å². The fourth-order valence-electron chi connectivity index (χ4n) is 3.09. The molecule has 1 aromatic rings. The molecule has 2 nitrogen and oxygen atoms in total. The first-order chi connectivity index (χ1) is 8.79. The molecule has 0 amide bonds. The molecule has 4 heteroatoms. The number of thiophene rings is 1. The van der Waals surface area contributed by atoms with E-state index in [2.05, 4.69) is 20.8 Å². The molecule has 19 heavy (non-hydrogen) atoms. The fourth-order valence-corrected chi connectivity index (χ4v) is 4.33. The largest absolute Gasteiger partial charge is 0.481 e. The number of carboxylic acids is 1. The lowest BCUT2D eigenvalue weighted by Crippen LogP contribution is -2.33. The smallest absolute Gasteiger partial charge is 0.307 e. The van der Waals surface area contributed by atoms with Crippen LogP contribution in [0.5, 0.6) is 0 Å². The minimum Gasteiger partial charge on any atom is -0.481 e. The van der Waals surface area contributed by atoms with Crippen LogP contribution in [0.4, 0.5) is 0 Å². The Bertz CT molecular complexity index is 461. The van der Waals surface area contributed by atoms with E-state index in [1.807, 2.05) is 12.1 Å². The number of hydrogen-bond donors (Lipinski definition) is 1. The minimum atomic E-state index is -0.665. The summed E-state index contributed by atoms with van der Waals surface area (Å²) in [6.45, 7) is 6.74. The molecule has 0 aromatic carbocycles. The molecule has 0 saturated heterocycles. The van der Waals surface area contributed by atoms with Crippen LogP contribution >= 0.6 is 22.9 Å². The van der Waals surface area contributed by atoms with Crippen molar-refractivity contribution in [3.63, 3.8) is 0 Å². The van der Waals surface area contributed by atoms with Gasteiger partial charge in [0.25, 0.3) is 0 Å². The van der Waals surface area contributed by atoms with Gasteiger partial charge in [0.15, 0.2) is 0 Å². The zero-order chi connectivity index (χ0) is 14.2. The molecular formula is C15H21ClO2S. The Morgan fingerprint density at radius 1 is 1.37 bits per heavy atom. The molecule has 1 heterocycles. The summed E-state index contributed by atoms with van der Waals surface area (Å²) in [7, 11) is 0. The third kappa shape index (κ3) is 3.32. The molecule has 1 aliphatic carbocycles. The highest BCUT2D eigenvalue weighted by Gasteiger charge is 2.40. The lowest BCUT2D eigenvalue weighted by molar-refractivity contribution is -0.144. The maximum absolute atomic E-state index is 11.5. The number of aliphatic carboxylic acids is 1. The quantitative estimate of drug-likeness (QED) is 0.831.